The molecule has 164 valence electrons. The topological polar surface area (TPSA) is 63.7 Å². The predicted octanol–water partition coefficient (Wildman–Crippen LogP) is 3.88. The third kappa shape index (κ3) is 4.96. The molecule has 1 aliphatic heterocycles. The first kappa shape index (κ1) is 22.3. The van der Waals surface area contributed by atoms with Gasteiger partial charge in [0, 0.05) is 25.3 Å². The number of nitrogens with zero attached hydrogens (tertiary/aromatic N) is 2. The largest absolute Gasteiger partial charge is 0.611 e. The van der Waals surface area contributed by atoms with Gasteiger partial charge in [-0.3, -0.25) is 0 Å². The Morgan fingerprint density at radius 1 is 1.10 bits per heavy atom. The first-order chi connectivity index (χ1) is 14.8. The molecule has 0 aliphatic carbocycles. The second-order valence-electron chi connectivity index (χ2n) is 7.44. The van der Waals surface area contributed by atoms with Crippen LogP contribution in [0.4, 0.5) is 10.1 Å². The Morgan fingerprint density at radius 2 is 1.81 bits per heavy atom. The first-order valence-electron chi connectivity index (χ1n) is 9.85. The lowest BCUT2D eigenvalue weighted by Crippen LogP contribution is -2.57. The second kappa shape index (κ2) is 9.30. The Labute approximate surface area is 189 Å². The minimum Gasteiger partial charge on any atom is -0.611 e. The smallest absolute Gasteiger partial charge is 0.252 e. The van der Waals surface area contributed by atoms with E-state index in [2.05, 4.69) is 4.90 Å². The predicted molar refractivity (Wildman–Crippen MR) is 123 cm³/mol. The van der Waals surface area contributed by atoms with E-state index in [0.717, 1.165) is 11.3 Å². The summed E-state index contributed by atoms with van der Waals surface area (Å²) in [6.07, 6.45) is 0. The van der Waals surface area contributed by atoms with Crippen LogP contribution in [0.1, 0.15) is 5.56 Å². The fourth-order valence-electron chi connectivity index (χ4n) is 3.66. The van der Waals surface area contributed by atoms with Crippen molar-refractivity contribution in [1.29, 1.82) is 0 Å². The van der Waals surface area contributed by atoms with Crippen LogP contribution in [0.3, 0.4) is 0 Å². The minimum absolute atomic E-state index is 0.237. The number of thiophene rings is 1. The Balaban J connectivity index is 1.60. The molecular weight excluding hydrogens is 455 g/mol. The van der Waals surface area contributed by atoms with Crippen LogP contribution in [0.15, 0.2) is 75.1 Å². The van der Waals surface area contributed by atoms with Gasteiger partial charge in [0.1, 0.15) is 15.8 Å². The molecule has 2 atom stereocenters. The number of halogens is 1. The normalized spacial score (nSPS) is 18.8. The van der Waals surface area contributed by atoms with E-state index in [1.807, 2.05) is 31.2 Å². The summed E-state index contributed by atoms with van der Waals surface area (Å²) in [6, 6.07) is 16.7. The highest BCUT2D eigenvalue weighted by Crippen LogP contribution is 2.28. The molecule has 0 saturated carbocycles. The van der Waals surface area contributed by atoms with Gasteiger partial charge >= 0.3 is 0 Å². The molecule has 3 aromatic rings. The molecule has 5 nitrogen and oxygen atoms in total. The van der Waals surface area contributed by atoms with E-state index in [0.29, 0.717) is 22.2 Å². The SMILES string of the molecule is Cc1ccc(N2CCN(S(=O)(=O)c3cccs3)C[C@@H]2C[S@+]([O-])c2ccc(F)cc2)cc1. The van der Waals surface area contributed by atoms with Crippen LogP contribution >= 0.6 is 11.3 Å². The average molecular weight is 479 g/mol. The molecule has 31 heavy (non-hydrogen) atoms. The zero-order valence-electron chi connectivity index (χ0n) is 17.0. The quantitative estimate of drug-likeness (QED) is 0.505. The lowest BCUT2D eigenvalue weighted by Gasteiger charge is -2.41. The molecule has 0 amide bonds. The Bertz CT molecular complexity index is 1100. The Hall–Kier alpha value is -1.91. The Morgan fingerprint density at radius 3 is 2.45 bits per heavy atom. The molecule has 0 radical (unpaired) electrons. The maximum atomic E-state index is 13.3. The van der Waals surface area contributed by atoms with Crippen molar-refractivity contribution in [3.63, 3.8) is 0 Å². The number of hydrogen-bond donors (Lipinski definition) is 0. The van der Waals surface area contributed by atoms with Gasteiger partial charge in [0.15, 0.2) is 4.90 Å². The van der Waals surface area contributed by atoms with Crippen molar-refractivity contribution >= 4 is 38.2 Å². The van der Waals surface area contributed by atoms with Gasteiger partial charge in [0.05, 0.1) is 6.04 Å². The van der Waals surface area contributed by atoms with Gasteiger partial charge in [-0.15, -0.1) is 11.3 Å². The molecule has 1 aliphatic rings. The standard InChI is InChI=1S/C22H23FN2O3S3/c1-17-4-8-19(9-5-17)25-13-12-24(31(27,28)22-3-2-14-29-22)15-20(25)16-30(26)21-10-6-18(23)7-11-21/h2-11,14,20H,12-13,15-16H2,1H3/t20-,30+/m1/s1. The maximum absolute atomic E-state index is 13.3. The summed E-state index contributed by atoms with van der Waals surface area (Å²) in [4.78, 5) is 2.66. The number of rotatable bonds is 6. The molecule has 2 aromatic carbocycles. The summed E-state index contributed by atoms with van der Waals surface area (Å²) in [7, 11) is -3.59. The fourth-order valence-corrected chi connectivity index (χ4v) is 7.54. The minimum atomic E-state index is -3.59. The highest BCUT2D eigenvalue weighted by Gasteiger charge is 2.37. The molecule has 1 saturated heterocycles. The van der Waals surface area contributed by atoms with Gasteiger partial charge in [0.25, 0.3) is 10.0 Å². The first-order valence-corrected chi connectivity index (χ1v) is 13.5. The summed E-state index contributed by atoms with van der Waals surface area (Å²) in [5.41, 5.74) is 2.11. The van der Waals surface area contributed by atoms with Crippen molar-refractivity contribution < 1.29 is 17.4 Å². The van der Waals surface area contributed by atoms with Gasteiger partial charge in [-0.1, -0.05) is 23.8 Å². The van der Waals surface area contributed by atoms with Crippen LogP contribution in [-0.2, 0) is 21.2 Å². The molecule has 1 aromatic heterocycles. The van der Waals surface area contributed by atoms with Crippen molar-refractivity contribution in [2.75, 3.05) is 30.3 Å². The molecule has 4 rings (SSSR count). The van der Waals surface area contributed by atoms with Gasteiger partial charge < -0.3 is 9.45 Å². The molecule has 9 heteroatoms. The van der Waals surface area contributed by atoms with Gasteiger partial charge in [-0.05, 0) is 65.9 Å². The lowest BCUT2D eigenvalue weighted by molar-refractivity contribution is 0.343. The van der Waals surface area contributed by atoms with Crippen molar-refractivity contribution in [2.45, 2.75) is 22.1 Å². The summed E-state index contributed by atoms with van der Waals surface area (Å²) >= 11 is -0.197. The molecular formula is C22H23FN2O3S3. The van der Waals surface area contributed by atoms with E-state index in [1.54, 1.807) is 17.5 Å². The number of anilines is 1. The Kier molecular flexibility index (Phi) is 6.68. The highest BCUT2D eigenvalue weighted by molar-refractivity contribution is 7.91. The molecule has 1 fully saturated rings. The third-order valence-corrected chi connectivity index (χ3v) is 10.0. The molecule has 0 unspecified atom stereocenters. The van der Waals surface area contributed by atoms with Gasteiger partial charge in [-0.2, -0.15) is 4.31 Å². The zero-order valence-corrected chi connectivity index (χ0v) is 19.4. The third-order valence-electron chi connectivity index (χ3n) is 5.32. The molecule has 2 heterocycles. The van der Waals surface area contributed by atoms with Crippen molar-refractivity contribution in [3.8, 4) is 0 Å². The number of piperazine rings is 1. The number of aryl methyl sites for hydroxylation is 1. The summed E-state index contributed by atoms with van der Waals surface area (Å²) in [6.45, 7) is 3.10. The van der Waals surface area contributed by atoms with E-state index >= 15 is 0 Å². The van der Waals surface area contributed by atoms with Crippen LogP contribution < -0.4 is 4.90 Å². The summed E-state index contributed by atoms with van der Waals surface area (Å²) < 4.78 is 54.2. The average Bonchev–Trinajstić information content (AvgIpc) is 3.31. The highest BCUT2D eigenvalue weighted by atomic mass is 32.2. The van der Waals surface area contributed by atoms with E-state index < -0.39 is 21.2 Å². The number of sulfonamides is 1. The van der Waals surface area contributed by atoms with Crippen molar-refractivity contribution in [3.05, 3.63) is 77.4 Å². The van der Waals surface area contributed by atoms with Crippen molar-refractivity contribution in [1.82, 2.24) is 4.31 Å². The van der Waals surface area contributed by atoms with Crippen LogP contribution in [0, 0.1) is 12.7 Å². The van der Waals surface area contributed by atoms with E-state index in [-0.39, 0.29) is 24.2 Å². The van der Waals surface area contributed by atoms with E-state index in [4.69, 9.17) is 0 Å². The van der Waals surface area contributed by atoms with Crippen LogP contribution in [0.2, 0.25) is 0 Å². The van der Waals surface area contributed by atoms with Crippen molar-refractivity contribution in [2.24, 2.45) is 0 Å². The molecule has 0 spiro atoms. The van der Waals surface area contributed by atoms with Crippen LogP contribution in [0.5, 0.6) is 0 Å². The molecule has 0 N–H and O–H groups in total. The number of hydrogen-bond acceptors (Lipinski definition) is 5. The van der Waals surface area contributed by atoms with Gasteiger partial charge in [-0.25, -0.2) is 12.8 Å². The summed E-state index contributed by atoms with van der Waals surface area (Å²) in [5, 5.41) is 1.75. The van der Waals surface area contributed by atoms with Gasteiger partial charge in [0.2, 0.25) is 0 Å². The van der Waals surface area contributed by atoms with Crippen LogP contribution in [-0.4, -0.2) is 48.7 Å². The number of benzene rings is 2. The van der Waals surface area contributed by atoms with E-state index in [9.17, 15) is 17.4 Å². The fraction of sp³-hybridized carbons (Fsp3) is 0.273. The second-order valence-corrected chi connectivity index (χ2v) is 12.1. The van der Waals surface area contributed by atoms with E-state index in [1.165, 1.54) is 39.9 Å². The van der Waals surface area contributed by atoms with Crippen LogP contribution in [0.25, 0.3) is 0 Å². The lowest BCUT2D eigenvalue weighted by atomic mass is 10.1. The monoisotopic (exact) mass is 478 g/mol. The maximum Gasteiger partial charge on any atom is 0.252 e. The zero-order chi connectivity index (χ0) is 22.0. The molecule has 0 bridgehead atoms. The summed E-state index contributed by atoms with van der Waals surface area (Å²) in [5.74, 6) is -0.136.